The van der Waals surface area contributed by atoms with Crippen molar-refractivity contribution in [1.29, 1.82) is 0 Å². The Morgan fingerprint density at radius 1 is 0.400 bits per heavy atom. The first-order valence-corrected chi connectivity index (χ1v) is 16.6. The molecule has 0 aliphatic heterocycles. The first kappa shape index (κ1) is 28.3. The zero-order valence-electron chi connectivity index (χ0n) is 27.0. The lowest BCUT2D eigenvalue weighted by molar-refractivity contribution is 0.622. The molecule has 2 heterocycles. The molecule has 4 nitrogen and oxygen atoms in total. The van der Waals surface area contributed by atoms with E-state index in [0.29, 0.717) is 11.8 Å². The van der Waals surface area contributed by atoms with Crippen molar-refractivity contribution in [2.75, 3.05) is 0 Å². The van der Waals surface area contributed by atoms with Crippen LogP contribution in [0.5, 0.6) is 0 Å². The Morgan fingerprint density at radius 3 is 1.18 bits per heavy atom. The van der Waals surface area contributed by atoms with Gasteiger partial charge in [-0.2, -0.15) is 0 Å². The van der Waals surface area contributed by atoms with Crippen molar-refractivity contribution in [3.63, 3.8) is 0 Å². The first-order valence-electron chi connectivity index (χ1n) is 16.6. The van der Waals surface area contributed by atoms with Crippen molar-refractivity contribution in [1.82, 2.24) is 9.97 Å². The summed E-state index contributed by atoms with van der Waals surface area (Å²) < 4.78 is 13.5. The molecule has 0 aliphatic carbocycles. The molecule has 0 bridgehead atoms. The lowest BCUT2D eigenvalue weighted by Gasteiger charge is -2.11. The summed E-state index contributed by atoms with van der Waals surface area (Å²) in [6, 6.07) is 46.0. The number of oxazole rings is 2. The van der Waals surface area contributed by atoms with Gasteiger partial charge in [0, 0.05) is 43.4 Å². The van der Waals surface area contributed by atoms with E-state index in [2.05, 4.69) is 122 Å². The van der Waals surface area contributed by atoms with E-state index < -0.39 is 0 Å². The molecule has 0 fully saturated rings. The van der Waals surface area contributed by atoms with E-state index >= 15 is 0 Å². The van der Waals surface area contributed by atoms with Crippen molar-refractivity contribution in [2.24, 2.45) is 0 Å². The van der Waals surface area contributed by atoms with Crippen LogP contribution in [0.1, 0.15) is 11.1 Å². The molecule has 234 valence electrons. The molecule has 0 saturated heterocycles. The summed E-state index contributed by atoms with van der Waals surface area (Å²) in [6.45, 7) is 7.80. The molecular weight excluding hydrogens is 613 g/mol. The molecular formula is C46H28N2O2. The van der Waals surface area contributed by atoms with Gasteiger partial charge in [-0.3, -0.25) is 0 Å². The molecule has 0 aliphatic rings. The SMILES string of the molecule is C=Cc1ccc(-c2ccccc2-c2nc3c4cccc5c6oc(-c7ccccc7-c7ccc(C=C)cc7)nc6c6cccc(c3o2)c6c45)cc1. The molecule has 0 spiro atoms. The molecule has 10 aromatic rings. The lowest BCUT2D eigenvalue weighted by Crippen LogP contribution is -1.88. The molecule has 0 radical (unpaired) electrons. The number of benzene rings is 8. The zero-order valence-corrected chi connectivity index (χ0v) is 27.0. The monoisotopic (exact) mass is 640 g/mol. The minimum absolute atomic E-state index is 0.585. The third-order valence-corrected chi connectivity index (χ3v) is 9.86. The van der Waals surface area contributed by atoms with Crippen LogP contribution in [0.25, 0.3) is 112 Å². The largest absolute Gasteiger partial charge is 0.435 e. The van der Waals surface area contributed by atoms with E-state index in [1.165, 1.54) is 0 Å². The van der Waals surface area contributed by atoms with Crippen LogP contribution in [0.3, 0.4) is 0 Å². The van der Waals surface area contributed by atoms with Crippen LogP contribution in [-0.2, 0) is 0 Å². The maximum absolute atomic E-state index is 6.77. The number of fused-ring (bicyclic) bond motifs is 6. The summed E-state index contributed by atoms with van der Waals surface area (Å²) in [5.74, 6) is 1.17. The van der Waals surface area contributed by atoms with E-state index in [9.17, 15) is 0 Å². The molecule has 10 rings (SSSR count). The third-order valence-electron chi connectivity index (χ3n) is 9.86. The van der Waals surface area contributed by atoms with E-state index in [4.69, 9.17) is 18.8 Å². The van der Waals surface area contributed by atoms with Crippen LogP contribution in [0.4, 0.5) is 0 Å². The Bertz CT molecular complexity index is 2650. The fourth-order valence-corrected chi connectivity index (χ4v) is 7.46. The first-order chi connectivity index (χ1) is 24.7. The van der Waals surface area contributed by atoms with Crippen LogP contribution < -0.4 is 0 Å². The average Bonchev–Trinajstić information content (AvgIpc) is 3.84. The summed E-state index contributed by atoms with van der Waals surface area (Å²) in [6.07, 6.45) is 3.71. The number of nitrogens with zero attached hydrogens (tertiary/aromatic N) is 2. The van der Waals surface area contributed by atoms with Gasteiger partial charge < -0.3 is 8.83 Å². The second-order valence-electron chi connectivity index (χ2n) is 12.6. The number of rotatable bonds is 6. The fourth-order valence-electron chi connectivity index (χ4n) is 7.46. The van der Waals surface area contributed by atoms with Crippen molar-refractivity contribution < 1.29 is 8.83 Å². The minimum atomic E-state index is 0.585. The molecule has 4 heteroatoms. The van der Waals surface area contributed by atoms with E-state index in [-0.39, 0.29) is 0 Å². The molecule has 0 saturated carbocycles. The highest BCUT2D eigenvalue weighted by Crippen LogP contribution is 2.47. The van der Waals surface area contributed by atoms with Gasteiger partial charge in [-0.1, -0.05) is 147 Å². The zero-order chi connectivity index (χ0) is 33.3. The second-order valence-corrected chi connectivity index (χ2v) is 12.6. The van der Waals surface area contributed by atoms with Gasteiger partial charge in [0.1, 0.15) is 11.0 Å². The quantitative estimate of drug-likeness (QED) is 0.170. The smallest absolute Gasteiger partial charge is 0.227 e. The molecule has 0 unspecified atom stereocenters. The predicted octanol–water partition coefficient (Wildman–Crippen LogP) is 12.8. The maximum Gasteiger partial charge on any atom is 0.227 e. The summed E-state index contributed by atoms with van der Waals surface area (Å²) >= 11 is 0. The van der Waals surface area contributed by atoms with Gasteiger partial charge >= 0.3 is 0 Å². The predicted molar refractivity (Wildman–Crippen MR) is 207 cm³/mol. The highest BCUT2D eigenvalue weighted by Gasteiger charge is 2.25. The Labute approximate surface area is 287 Å². The van der Waals surface area contributed by atoms with Gasteiger partial charge in [0.2, 0.25) is 11.8 Å². The molecule has 0 amide bonds. The Kier molecular flexibility index (Phi) is 6.14. The molecule has 50 heavy (non-hydrogen) atoms. The summed E-state index contributed by atoms with van der Waals surface area (Å²) in [5, 5.41) is 6.24. The summed E-state index contributed by atoms with van der Waals surface area (Å²) in [5.41, 5.74) is 11.5. The van der Waals surface area contributed by atoms with Crippen LogP contribution in [-0.4, -0.2) is 9.97 Å². The molecule has 2 aromatic heterocycles. The summed E-state index contributed by atoms with van der Waals surface area (Å²) in [7, 11) is 0. The topological polar surface area (TPSA) is 52.1 Å². The lowest BCUT2D eigenvalue weighted by atomic mass is 9.92. The normalized spacial score (nSPS) is 11.8. The second kappa shape index (κ2) is 10.9. The van der Waals surface area contributed by atoms with Crippen molar-refractivity contribution in [2.45, 2.75) is 0 Å². The van der Waals surface area contributed by atoms with Gasteiger partial charge in [-0.15, -0.1) is 0 Å². The van der Waals surface area contributed by atoms with Gasteiger partial charge in [0.15, 0.2) is 11.2 Å². The molecule has 8 aromatic carbocycles. The van der Waals surface area contributed by atoms with E-state index in [1.807, 2.05) is 36.4 Å². The van der Waals surface area contributed by atoms with Crippen molar-refractivity contribution >= 4 is 66.7 Å². The standard InChI is InChI=1S/C46H28N2O2/c1-3-27-19-23-29(24-20-27)31-11-5-7-13-33(31)45-47-41-35-15-9-18-38-39(35)40-36(16-10-17-37(40)43(41)49-45)42-44(38)50-46(48-42)34-14-8-6-12-32(34)30-25-21-28(4-2)22-26-30/h3-26H,1-2H2. The summed E-state index contributed by atoms with van der Waals surface area (Å²) in [4.78, 5) is 10.4. The third kappa shape index (κ3) is 4.12. The average molecular weight is 641 g/mol. The highest BCUT2D eigenvalue weighted by atomic mass is 16.4. The number of aromatic nitrogens is 2. The van der Waals surface area contributed by atoms with Crippen molar-refractivity contribution in [3.05, 3.63) is 158 Å². The van der Waals surface area contributed by atoms with Crippen LogP contribution in [0.15, 0.2) is 155 Å². The molecule has 0 atom stereocenters. The van der Waals surface area contributed by atoms with Gasteiger partial charge in [-0.05, 0) is 45.5 Å². The minimum Gasteiger partial charge on any atom is -0.435 e. The maximum atomic E-state index is 6.77. The molecule has 0 N–H and O–H groups in total. The van der Waals surface area contributed by atoms with Gasteiger partial charge in [-0.25, -0.2) is 9.97 Å². The van der Waals surface area contributed by atoms with Crippen molar-refractivity contribution in [3.8, 4) is 45.2 Å². The van der Waals surface area contributed by atoms with E-state index in [1.54, 1.807) is 0 Å². The van der Waals surface area contributed by atoms with Gasteiger partial charge in [0.05, 0.1) is 0 Å². The Morgan fingerprint density at radius 2 is 0.780 bits per heavy atom. The fraction of sp³-hybridized carbons (Fsp3) is 0. The Hall–Kier alpha value is -6.78. The van der Waals surface area contributed by atoms with Gasteiger partial charge in [0.25, 0.3) is 0 Å². The van der Waals surface area contributed by atoms with Crippen LogP contribution in [0.2, 0.25) is 0 Å². The van der Waals surface area contributed by atoms with Crippen LogP contribution in [0, 0.1) is 0 Å². The van der Waals surface area contributed by atoms with E-state index in [0.717, 1.165) is 99.0 Å². The number of hydrogen-bond donors (Lipinski definition) is 0. The van der Waals surface area contributed by atoms with Crippen LogP contribution >= 0.6 is 0 Å². The highest BCUT2D eigenvalue weighted by molar-refractivity contribution is 6.37. The Balaban J connectivity index is 1.21. The number of hydrogen-bond acceptors (Lipinski definition) is 4.